The largest absolute Gasteiger partial charge is 0.465 e. The van der Waals surface area contributed by atoms with Gasteiger partial charge in [0.1, 0.15) is 0 Å². The number of hydrogen-bond acceptors (Lipinski definition) is 3. The molecular weight excluding hydrogens is 266 g/mol. The van der Waals surface area contributed by atoms with Gasteiger partial charge in [0.25, 0.3) is 0 Å². The fourth-order valence-electron chi connectivity index (χ4n) is 3.46. The Labute approximate surface area is 124 Å². The number of carbonyl (C=O) groups is 1. The van der Waals surface area contributed by atoms with Crippen molar-refractivity contribution in [2.75, 3.05) is 32.7 Å². The van der Waals surface area contributed by atoms with Crippen molar-refractivity contribution < 1.29 is 9.90 Å². The van der Waals surface area contributed by atoms with E-state index in [0.29, 0.717) is 30.5 Å². The molecule has 0 aromatic heterocycles. The SMILES string of the molecule is N#Cc1ccc(CCN2CC3CN(C(=O)O)CC3C2)cc1. The van der Waals surface area contributed by atoms with E-state index in [0.717, 1.165) is 26.1 Å². The summed E-state index contributed by atoms with van der Waals surface area (Å²) in [5.41, 5.74) is 1.95. The monoisotopic (exact) mass is 285 g/mol. The van der Waals surface area contributed by atoms with Crippen LogP contribution in [0.3, 0.4) is 0 Å². The zero-order valence-corrected chi connectivity index (χ0v) is 11.9. The van der Waals surface area contributed by atoms with Gasteiger partial charge in [0.2, 0.25) is 0 Å². The van der Waals surface area contributed by atoms with Gasteiger partial charge in [0.05, 0.1) is 11.6 Å². The molecule has 5 nitrogen and oxygen atoms in total. The van der Waals surface area contributed by atoms with E-state index >= 15 is 0 Å². The number of rotatable bonds is 3. The lowest BCUT2D eigenvalue weighted by molar-refractivity contribution is 0.149. The molecule has 0 radical (unpaired) electrons. The molecule has 0 bridgehead atoms. The van der Waals surface area contributed by atoms with Crippen LogP contribution in [0.1, 0.15) is 11.1 Å². The van der Waals surface area contributed by atoms with E-state index < -0.39 is 6.09 Å². The van der Waals surface area contributed by atoms with Gasteiger partial charge in [0, 0.05) is 32.7 Å². The molecule has 2 aliphatic rings. The summed E-state index contributed by atoms with van der Waals surface area (Å²) < 4.78 is 0. The molecule has 2 fully saturated rings. The Bertz CT molecular complexity index is 550. The molecule has 0 saturated carbocycles. The lowest BCUT2D eigenvalue weighted by Gasteiger charge is -2.19. The second-order valence-electron chi connectivity index (χ2n) is 6.03. The van der Waals surface area contributed by atoms with Crippen LogP contribution in [-0.2, 0) is 6.42 Å². The topological polar surface area (TPSA) is 67.6 Å². The van der Waals surface area contributed by atoms with Gasteiger partial charge >= 0.3 is 6.09 Å². The molecule has 2 heterocycles. The van der Waals surface area contributed by atoms with E-state index in [1.54, 1.807) is 4.90 Å². The van der Waals surface area contributed by atoms with Crippen LogP contribution in [0, 0.1) is 23.2 Å². The molecule has 0 spiro atoms. The van der Waals surface area contributed by atoms with Gasteiger partial charge in [0.15, 0.2) is 0 Å². The molecule has 5 heteroatoms. The first kappa shape index (κ1) is 13.9. The van der Waals surface area contributed by atoms with Gasteiger partial charge in [-0.05, 0) is 36.0 Å². The molecule has 1 amide bonds. The molecule has 2 unspecified atom stereocenters. The average molecular weight is 285 g/mol. The van der Waals surface area contributed by atoms with Gasteiger partial charge in [-0.25, -0.2) is 4.79 Å². The van der Waals surface area contributed by atoms with E-state index in [4.69, 9.17) is 10.4 Å². The van der Waals surface area contributed by atoms with Crippen LogP contribution in [0.15, 0.2) is 24.3 Å². The molecule has 2 saturated heterocycles. The second-order valence-corrected chi connectivity index (χ2v) is 6.03. The summed E-state index contributed by atoms with van der Waals surface area (Å²) in [4.78, 5) is 15.0. The van der Waals surface area contributed by atoms with Crippen LogP contribution in [-0.4, -0.2) is 53.7 Å². The summed E-state index contributed by atoms with van der Waals surface area (Å²) in [6.07, 6.45) is 0.196. The molecule has 110 valence electrons. The number of likely N-dealkylation sites (tertiary alicyclic amines) is 2. The minimum Gasteiger partial charge on any atom is -0.465 e. The Morgan fingerprint density at radius 3 is 2.33 bits per heavy atom. The molecule has 21 heavy (non-hydrogen) atoms. The van der Waals surface area contributed by atoms with Crippen LogP contribution in [0.5, 0.6) is 0 Å². The van der Waals surface area contributed by atoms with Crippen LogP contribution in [0.25, 0.3) is 0 Å². The van der Waals surface area contributed by atoms with Crippen molar-refractivity contribution in [3.63, 3.8) is 0 Å². The maximum atomic E-state index is 11.0. The van der Waals surface area contributed by atoms with E-state index in [1.165, 1.54) is 5.56 Å². The summed E-state index contributed by atoms with van der Waals surface area (Å²) in [5.74, 6) is 1.00. The van der Waals surface area contributed by atoms with Crippen LogP contribution >= 0.6 is 0 Å². The third-order valence-electron chi connectivity index (χ3n) is 4.63. The zero-order chi connectivity index (χ0) is 14.8. The summed E-state index contributed by atoms with van der Waals surface area (Å²) in [7, 11) is 0. The van der Waals surface area contributed by atoms with E-state index in [1.807, 2.05) is 24.3 Å². The highest BCUT2D eigenvalue weighted by Crippen LogP contribution is 2.31. The minimum absolute atomic E-state index is 0.502. The fraction of sp³-hybridized carbons (Fsp3) is 0.500. The van der Waals surface area contributed by atoms with Gasteiger partial charge < -0.3 is 14.9 Å². The van der Waals surface area contributed by atoms with E-state index in [-0.39, 0.29) is 0 Å². The predicted molar refractivity (Wildman–Crippen MR) is 77.9 cm³/mol. The molecule has 1 aromatic rings. The Balaban J connectivity index is 1.48. The van der Waals surface area contributed by atoms with Gasteiger partial charge in [-0.3, -0.25) is 0 Å². The summed E-state index contributed by atoms with van der Waals surface area (Å²) in [5, 5.41) is 17.8. The zero-order valence-electron chi connectivity index (χ0n) is 11.9. The molecule has 2 atom stereocenters. The molecule has 1 N–H and O–H groups in total. The standard InChI is InChI=1S/C16H19N3O2/c17-7-13-3-1-12(2-4-13)5-6-18-8-14-10-19(16(20)21)11-15(14)9-18/h1-4,14-15H,5-6,8-11H2,(H,20,21). The van der Waals surface area contributed by atoms with Crippen molar-refractivity contribution in [3.05, 3.63) is 35.4 Å². The van der Waals surface area contributed by atoms with Crippen molar-refractivity contribution in [2.24, 2.45) is 11.8 Å². The first-order chi connectivity index (χ1) is 10.2. The van der Waals surface area contributed by atoms with Crippen LogP contribution in [0.4, 0.5) is 4.79 Å². The molecule has 2 aliphatic heterocycles. The Hall–Kier alpha value is -2.06. The maximum absolute atomic E-state index is 11.0. The highest BCUT2D eigenvalue weighted by atomic mass is 16.4. The first-order valence-corrected chi connectivity index (χ1v) is 7.35. The summed E-state index contributed by atoms with van der Waals surface area (Å²) in [6.45, 7) is 4.39. The van der Waals surface area contributed by atoms with Gasteiger partial charge in [-0.15, -0.1) is 0 Å². The van der Waals surface area contributed by atoms with E-state index in [9.17, 15) is 4.79 Å². The first-order valence-electron chi connectivity index (χ1n) is 7.35. The normalized spacial score (nSPS) is 24.8. The van der Waals surface area contributed by atoms with Crippen molar-refractivity contribution in [2.45, 2.75) is 6.42 Å². The number of nitrogens with zero attached hydrogens (tertiary/aromatic N) is 3. The van der Waals surface area contributed by atoms with Crippen LogP contribution in [0.2, 0.25) is 0 Å². The van der Waals surface area contributed by atoms with E-state index in [2.05, 4.69) is 11.0 Å². The number of carboxylic acid groups (broad SMARTS) is 1. The van der Waals surface area contributed by atoms with Gasteiger partial charge in [-0.1, -0.05) is 12.1 Å². The Morgan fingerprint density at radius 2 is 1.81 bits per heavy atom. The lowest BCUT2D eigenvalue weighted by Crippen LogP contribution is -2.32. The predicted octanol–water partition coefficient (Wildman–Crippen LogP) is 1.64. The third-order valence-corrected chi connectivity index (χ3v) is 4.63. The van der Waals surface area contributed by atoms with Gasteiger partial charge in [-0.2, -0.15) is 5.26 Å². The quantitative estimate of drug-likeness (QED) is 0.917. The van der Waals surface area contributed by atoms with Crippen molar-refractivity contribution in [1.82, 2.24) is 9.80 Å². The second kappa shape index (κ2) is 5.74. The third kappa shape index (κ3) is 3.01. The summed E-state index contributed by atoms with van der Waals surface area (Å²) >= 11 is 0. The fourth-order valence-corrected chi connectivity index (χ4v) is 3.46. The Morgan fingerprint density at radius 1 is 1.19 bits per heavy atom. The number of nitriles is 1. The number of amides is 1. The smallest absolute Gasteiger partial charge is 0.407 e. The molecule has 1 aromatic carbocycles. The molecular formula is C16H19N3O2. The van der Waals surface area contributed by atoms with Crippen LogP contribution < -0.4 is 0 Å². The van der Waals surface area contributed by atoms with Crippen molar-refractivity contribution in [1.29, 1.82) is 5.26 Å². The van der Waals surface area contributed by atoms with Crippen molar-refractivity contribution in [3.8, 4) is 6.07 Å². The Kier molecular flexibility index (Phi) is 3.80. The van der Waals surface area contributed by atoms with Crippen molar-refractivity contribution >= 4 is 6.09 Å². The lowest BCUT2D eigenvalue weighted by atomic mass is 10.0. The average Bonchev–Trinajstić information content (AvgIpc) is 3.04. The number of hydrogen-bond donors (Lipinski definition) is 1. The number of fused-ring (bicyclic) bond motifs is 1. The highest BCUT2D eigenvalue weighted by molar-refractivity contribution is 5.65. The molecule has 0 aliphatic carbocycles. The summed E-state index contributed by atoms with van der Waals surface area (Å²) in [6, 6.07) is 9.88. The highest BCUT2D eigenvalue weighted by Gasteiger charge is 2.41. The maximum Gasteiger partial charge on any atom is 0.407 e. The molecule has 3 rings (SSSR count). The minimum atomic E-state index is -0.784. The number of benzene rings is 1.